The van der Waals surface area contributed by atoms with Crippen molar-refractivity contribution in [3.63, 3.8) is 0 Å². The zero-order valence-electron chi connectivity index (χ0n) is 17.9. The van der Waals surface area contributed by atoms with E-state index in [1.165, 1.54) is 14.1 Å². The van der Waals surface area contributed by atoms with Gasteiger partial charge in [-0.2, -0.15) is 4.98 Å². The second kappa shape index (κ2) is 9.64. The number of halogens is 1. The van der Waals surface area contributed by atoms with Crippen LogP contribution in [-0.4, -0.2) is 20.2 Å². The zero-order chi connectivity index (χ0) is 22.7. The largest absolute Gasteiger partial charge is 0.491 e. The first-order valence-electron chi connectivity index (χ1n) is 9.96. The molecule has 0 unspecified atom stereocenters. The van der Waals surface area contributed by atoms with E-state index < -0.39 is 0 Å². The first kappa shape index (κ1) is 23.0. The minimum atomic E-state index is -0.311. The third-order valence-corrected chi connectivity index (χ3v) is 5.05. The summed E-state index contributed by atoms with van der Waals surface area (Å²) >= 11 is 11.4. The maximum absolute atomic E-state index is 13.4. The summed E-state index contributed by atoms with van der Waals surface area (Å²) in [7, 11) is 0. The Morgan fingerprint density at radius 3 is 2.26 bits per heavy atom. The van der Waals surface area contributed by atoms with Crippen molar-refractivity contribution < 1.29 is 4.74 Å². The summed E-state index contributed by atoms with van der Waals surface area (Å²) in [5.74, 6) is 7.32. The number of nitrogens with zero attached hydrogens (tertiary/aromatic N) is 4. The Labute approximate surface area is 191 Å². The average Bonchev–Trinajstić information content (AvgIpc) is 2.69. The molecular formula is C22H26ClN5O2S. The van der Waals surface area contributed by atoms with Gasteiger partial charge in [-0.05, 0) is 81.9 Å². The summed E-state index contributed by atoms with van der Waals surface area (Å²) in [6.07, 6.45) is 0.0484. The highest BCUT2D eigenvalue weighted by Gasteiger charge is 2.19. The number of hydrogen-bond donors (Lipinski definition) is 1. The lowest BCUT2D eigenvalue weighted by Crippen LogP contribution is -2.40. The molecule has 0 spiro atoms. The monoisotopic (exact) mass is 459 g/mol. The van der Waals surface area contributed by atoms with Crippen LogP contribution in [0.15, 0.2) is 53.3 Å². The van der Waals surface area contributed by atoms with E-state index in [4.69, 9.17) is 34.4 Å². The summed E-state index contributed by atoms with van der Waals surface area (Å²) in [5, 5.41) is 2.04. The second-order valence-electron chi connectivity index (χ2n) is 7.69. The number of rotatable bonds is 7. The van der Waals surface area contributed by atoms with E-state index in [1.54, 1.807) is 24.3 Å². The predicted octanol–water partition coefficient (Wildman–Crippen LogP) is 4.67. The quantitative estimate of drug-likeness (QED) is 0.314. The van der Waals surface area contributed by atoms with Crippen LogP contribution >= 0.6 is 23.8 Å². The summed E-state index contributed by atoms with van der Waals surface area (Å²) in [5.41, 5.74) is 1.22. The Hall–Kier alpha value is -2.68. The van der Waals surface area contributed by atoms with Gasteiger partial charge in [0.25, 0.3) is 0 Å². The molecule has 0 saturated heterocycles. The molecule has 0 saturated carbocycles. The molecule has 0 bridgehead atoms. The number of hydrazine groups is 1. The molecule has 0 atom stereocenters. The van der Waals surface area contributed by atoms with Gasteiger partial charge in [-0.3, -0.25) is 9.58 Å². The highest BCUT2D eigenvalue weighted by Crippen LogP contribution is 2.21. The SMILES string of the molecule is CC(C)Oc1ccc(-n2c(N(N)Cc3ccc(Cl)cc3)nc(=S)n(C(C)C)c2=O)cc1. The molecule has 164 valence electrons. The summed E-state index contributed by atoms with van der Waals surface area (Å²) in [6, 6.07) is 14.4. The highest BCUT2D eigenvalue weighted by atomic mass is 35.5. The maximum Gasteiger partial charge on any atom is 0.338 e. The van der Waals surface area contributed by atoms with Crippen LogP contribution < -0.4 is 21.3 Å². The van der Waals surface area contributed by atoms with Gasteiger partial charge in [0.2, 0.25) is 10.7 Å². The van der Waals surface area contributed by atoms with E-state index in [0.717, 1.165) is 5.56 Å². The van der Waals surface area contributed by atoms with Gasteiger partial charge in [0, 0.05) is 11.1 Å². The molecule has 0 radical (unpaired) electrons. The number of anilines is 1. The van der Waals surface area contributed by atoms with Crippen molar-refractivity contribution in [2.24, 2.45) is 5.84 Å². The minimum absolute atomic E-state index is 0.0484. The van der Waals surface area contributed by atoms with Crippen molar-refractivity contribution in [3.8, 4) is 11.4 Å². The molecule has 0 aliphatic carbocycles. The normalized spacial score (nSPS) is 11.2. The van der Waals surface area contributed by atoms with Crippen LogP contribution in [0.2, 0.25) is 5.02 Å². The Morgan fingerprint density at radius 1 is 1.10 bits per heavy atom. The Morgan fingerprint density at radius 2 is 1.71 bits per heavy atom. The standard InChI is InChI=1S/C22H26ClN5O2S/c1-14(2)27-21(31)25-20(26(24)13-16-5-7-17(23)8-6-16)28(22(27)29)18-9-11-19(12-10-18)30-15(3)4/h5-12,14-15H,13,24H2,1-4H3. The molecule has 1 heterocycles. The Kier molecular flexibility index (Phi) is 7.15. The van der Waals surface area contributed by atoms with Gasteiger partial charge < -0.3 is 4.74 Å². The molecule has 7 nitrogen and oxygen atoms in total. The van der Waals surface area contributed by atoms with Crippen LogP contribution in [0.1, 0.15) is 39.3 Å². The van der Waals surface area contributed by atoms with Crippen molar-refractivity contribution in [2.75, 3.05) is 5.01 Å². The number of benzene rings is 2. The van der Waals surface area contributed by atoms with Crippen LogP contribution in [-0.2, 0) is 6.54 Å². The number of aromatic nitrogens is 3. The first-order valence-corrected chi connectivity index (χ1v) is 10.8. The number of nitrogens with two attached hydrogens (primary N) is 1. The summed E-state index contributed by atoms with van der Waals surface area (Å²) in [4.78, 5) is 17.9. The van der Waals surface area contributed by atoms with Crippen molar-refractivity contribution in [1.29, 1.82) is 0 Å². The van der Waals surface area contributed by atoms with E-state index in [9.17, 15) is 4.79 Å². The zero-order valence-corrected chi connectivity index (χ0v) is 19.5. The van der Waals surface area contributed by atoms with Gasteiger partial charge in [-0.1, -0.05) is 23.7 Å². The van der Waals surface area contributed by atoms with Gasteiger partial charge in [0.05, 0.1) is 18.3 Å². The molecule has 1 aromatic heterocycles. The first-order chi connectivity index (χ1) is 14.7. The Balaban J connectivity index is 2.11. The molecule has 2 aromatic carbocycles. The number of ether oxygens (including phenoxy) is 1. The fourth-order valence-electron chi connectivity index (χ4n) is 3.13. The second-order valence-corrected chi connectivity index (χ2v) is 8.49. The molecule has 3 rings (SSSR count). The number of hydrogen-bond acceptors (Lipinski definition) is 6. The smallest absolute Gasteiger partial charge is 0.338 e. The molecule has 31 heavy (non-hydrogen) atoms. The molecule has 0 amide bonds. The molecule has 9 heteroatoms. The lowest BCUT2D eigenvalue weighted by Gasteiger charge is -2.24. The Bertz CT molecular complexity index is 1150. The topological polar surface area (TPSA) is 78.3 Å². The van der Waals surface area contributed by atoms with E-state index in [-0.39, 0.29) is 28.6 Å². The lowest BCUT2D eigenvalue weighted by molar-refractivity contribution is 0.242. The van der Waals surface area contributed by atoms with Gasteiger partial charge in [0.1, 0.15) is 5.75 Å². The van der Waals surface area contributed by atoms with E-state index >= 15 is 0 Å². The van der Waals surface area contributed by atoms with Crippen LogP contribution in [0, 0.1) is 4.77 Å². The third kappa shape index (κ3) is 5.33. The average molecular weight is 460 g/mol. The summed E-state index contributed by atoms with van der Waals surface area (Å²) in [6.45, 7) is 8.00. The molecular weight excluding hydrogens is 434 g/mol. The van der Waals surface area contributed by atoms with E-state index in [2.05, 4.69) is 4.98 Å². The summed E-state index contributed by atoms with van der Waals surface area (Å²) < 4.78 is 8.82. The third-order valence-electron chi connectivity index (χ3n) is 4.51. The van der Waals surface area contributed by atoms with E-state index in [1.807, 2.05) is 52.0 Å². The van der Waals surface area contributed by atoms with Crippen LogP contribution in [0.5, 0.6) is 5.75 Å². The lowest BCUT2D eigenvalue weighted by atomic mass is 10.2. The van der Waals surface area contributed by atoms with Crippen molar-refractivity contribution in [1.82, 2.24) is 14.1 Å². The van der Waals surface area contributed by atoms with Crippen molar-refractivity contribution in [2.45, 2.75) is 46.4 Å². The van der Waals surface area contributed by atoms with Crippen LogP contribution in [0.25, 0.3) is 5.69 Å². The highest BCUT2D eigenvalue weighted by molar-refractivity contribution is 7.71. The fraction of sp³-hybridized carbons (Fsp3) is 0.318. The molecule has 3 aromatic rings. The molecule has 2 N–H and O–H groups in total. The van der Waals surface area contributed by atoms with Crippen LogP contribution in [0.4, 0.5) is 5.95 Å². The minimum Gasteiger partial charge on any atom is -0.491 e. The van der Waals surface area contributed by atoms with Crippen molar-refractivity contribution >= 4 is 29.8 Å². The van der Waals surface area contributed by atoms with Crippen molar-refractivity contribution in [3.05, 3.63) is 74.4 Å². The van der Waals surface area contributed by atoms with Gasteiger partial charge in [-0.25, -0.2) is 15.2 Å². The fourth-order valence-corrected chi connectivity index (χ4v) is 3.62. The predicted molar refractivity (Wildman–Crippen MR) is 127 cm³/mol. The van der Waals surface area contributed by atoms with Gasteiger partial charge in [-0.15, -0.1) is 0 Å². The maximum atomic E-state index is 13.4. The van der Waals surface area contributed by atoms with Gasteiger partial charge >= 0.3 is 5.69 Å². The molecule has 0 aliphatic heterocycles. The van der Waals surface area contributed by atoms with Crippen LogP contribution in [0.3, 0.4) is 0 Å². The molecule has 0 aliphatic rings. The molecule has 0 fully saturated rings. The van der Waals surface area contributed by atoms with Gasteiger partial charge in [0.15, 0.2) is 0 Å². The van der Waals surface area contributed by atoms with E-state index in [0.29, 0.717) is 23.0 Å².